The molecule has 0 saturated carbocycles. The van der Waals surface area contributed by atoms with Crippen molar-refractivity contribution in [2.24, 2.45) is 0 Å². The van der Waals surface area contributed by atoms with Gasteiger partial charge in [-0.25, -0.2) is 4.39 Å². The van der Waals surface area contributed by atoms with Crippen molar-refractivity contribution in [3.8, 4) is 0 Å². The summed E-state index contributed by atoms with van der Waals surface area (Å²) < 4.78 is 13.1. The van der Waals surface area contributed by atoms with Gasteiger partial charge < -0.3 is 0 Å². The summed E-state index contributed by atoms with van der Waals surface area (Å²) in [7, 11) is 0. The predicted molar refractivity (Wildman–Crippen MR) is 55.2 cm³/mol. The maximum absolute atomic E-state index is 13.1. The fourth-order valence-corrected chi connectivity index (χ4v) is 2.39. The van der Waals surface area contributed by atoms with Crippen LogP contribution in [0.15, 0.2) is 23.1 Å². The molecular weight excluding hydrogens is 199 g/mol. The Balaban J connectivity index is 2.23. The first-order valence-corrected chi connectivity index (χ1v) is 5.64. The van der Waals surface area contributed by atoms with Gasteiger partial charge in [0, 0.05) is 0 Å². The third kappa shape index (κ3) is 1.77. The Hall–Kier alpha value is -0.960. The number of hydrogen-bond donors (Lipinski definition) is 0. The molecule has 74 valence electrons. The number of Topliss-reactive ketones (excluding diaryl/α,β-unsaturated/α-hetero) is 1. The molecule has 3 heteroatoms. The van der Waals surface area contributed by atoms with Crippen LogP contribution in [-0.2, 0) is 0 Å². The Morgan fingerprint density at radius 3 is 2.86 bits per heavy atom. The van der Waals surface area contributed by atoms with Gasteiger partial charge in [0.25, 0.3) is 0 Å². The lowest BCUT2D eigenvalue weighted by Crippen LogP contribution is -2.05. The highest BCUT2D eigenvalue weighted by Gasteiger charge is 2.18. The molecular formula is C11H11FOS. The van der Waals surface area contributed by atoms with Gasteiger partial charge in [-0.3, -0.25) is 4.79 Å². The molecule has 0 N–H and O–H groups in total. The Labute approximate surface area is 86.3 Å². The van der Waals surface area contributed by atoms with Crippen LogP contribution in [0.25, 0.3) is 0 Å². The molecule has 0 bridgehead atoms. The fourth-order valence-electron chi connectivity index (χ4n) is 1.65. The first-order chi connectivity index (χ1) is 6.79. The summed E-state index contributed by atoms with van der Waals surface area (Å²) in [5.74, 6) is -0.497. The van der Waals surface area contributed by atoms with Crippen LogP contribution in [0.3, 0.4) is 0 Å². The highest BCUT2D eigenvalue weighted by molar-refractivity contribution is 7.12. The van der Waals surface area contributed by atoms with E-state index in [1.165, 1.54) is 17.4 Å². The lowest BCUT2D eigenvalue weighted by atomic mass is 9.96. The van der Waals surface area contributed by atoms with Crippen molar-refractivity contribution in [2.45, 2.75) is 25.7 Å². The number of allylic oxidation sites excluding steroid dienone is 2. The van der Waals surface area contributed by atoms with E-state index in [9.17, 15) is 9.18 Å². The van der Waals surface area contributed by atoms with Crippen molar-refractivity contribution in [3.63, 3.8) is 0 Å². The molecule has 0 saturated heterocycles. The monoisotopic (exact) mass is 210 g/mol. The summed E-state index contributed by atoms with van der Waals surface area (Å²) >= 11 is 1.19. The Kier molecular flexibility index (Phi) is 2.77. The zero-order valence-corrected chi connectivity index (χ0v) is 8.57. The molecule has 1 heterocycles. The van der Waals surface area contributed by atoms with Crippen LogP contribution in [0.4, 0.5) is 4.39 Å². The molecule has 1 aliphatic carbocycles. The van der Waals surface area contributed by atoms with E-state index in [4.69, 9.17) is 0 Å². The van der Waals surface area contributed by atoms with Crippen LogP contribution >= 0.6 is 11.3 Å². The van der Waals surface area contributed by atoms with Crippen LogP contribution in [0, 0.1) is 5.82 Å². The third-order valence-electron chi connectivity index (χ3n) is 2.41. The van der Waals surface area contributed by atoms with E-state index in [0.29, 0.717) is 0 Å². The number of ketones is 1. The molecule has 14 heavy (non-hydrogen) atoms. The molecule has 0 fully saturated rings. The highest BCUT2D eigenvalue weighted by atomic mass is 32.1. The average molecular weight is 210 g/mol. The number of halogens is 1. The summed E-state index contributed by atoms with van der Waals surface area (Å²) in [6.45, 7) is 0. The molecule has 0 unspecified atom stereocenters. The minimum absolute atomic E-state index is 0.114. The van der Waals surface area contributed by atoms with Crippen LogP contribution in [0.2, 0.25) is 0 Å². The van der Waals surface area contributed by atoms with E-state index in [0.717, 1.165) is 31.3 Å². The molecule has 1 aliphatic rings. The van der Waals surface area contributed by atoms with Crippen molar-refractivity contribution in [2.75, 3.05) is 0 Å². The molecule has 0 atom stereocenters. The standard InChI is InChI=1S/C11H11FOS/c12-9-6-7-14-11(9)10(13)8-4-2-1-3-5-8/h4,6-7H,1-3,5H2. The van der Waals surface area contributed by atoms with Crippen molar-refractivity contribution in [1.82, 2.24) is 0 Å². The van der Waals surface area contributed by atoms with Gasteiger partial charge in [0.05, 0.1) is 0 Å². The second-order valence-corrected chi connectivity index (χ2v) is 4.32. The van der Waals surface area contributed by atoms with Crippen LogP contribution in [-0.4, -0.2) is 5.78 Å². The Bertz CT molecular complexity index is 378. The smallest absolute Gasteiger partial charge is 0.201 e. The van der Waals surface area contributed by atoms with Gasteiger partial charge in [0.2, 0.25) is 5.78 Å². The molecule has 1 aromatic heterocycles. The van der Waals surface area contributed by atoms with E-state index in [2.05, 4.69) is 0 Å². The van der Waals surface area contributed by atoms with Gasteiger partial charge in [-0.05, 0) is 42.7 Å². The van der Waals surface area contributed by atoms with Gasteiger partial charge in [-0.2, -0.15) is 0 Å². The molecule has 0 amide bonds. The van der Waals surface area contributed by atoms with E-state index in [1.54, 1.807) is 5.38 Å². The predicted octanol–water partition coefficient (Wildman–Crippen LogP) is 3.57. The molecule has 0 aliphatic heterocycles. The normalized spacial score (nSPS) is 16.5. The average Bonchev–Trinajstić information content (AvgIpc) is 2.65. The lowest BCUT2D eigenvalue weighted by Gasteiger charge is -2.10. The summed E-state index contributed by atoms with van der Waals surface area (Å²) in [6, 6.07) is 1.35. The van der Waals surface area contributed by atoms with Crippen molar-refractivity contribution in [1.29, 1.82) is 0 Å². The third-order valence-corrected chi connectivity index (χ3v) is 3.29. The second-order valence-electron chi connectivity index (χ2n) is 3.40. The van der Waals surface area contributed by atoms with E-state index in [1.807, 2.05) is 6.08 Å². The molecule has 0 spiro atoms. The Morgan fingerprint density at radius 2 is 2.29 bits per heavy atom. The zero-order chi connectivity index (χ0) is 9.97. The molecule has 1 nitrogen and oxygen atoms in total. The van der Waals surface area contributed by atoms with Crippen LogP contribution in [0.1, 0.15) is 35.4 Å². The number of hydrogen-bond acceptors (Lipinski definition) is 2. The van der Waals surface area contributed by atoms with Gasteiger partial charge in [0.15, 0.2) is 0 Å². The van der Waals surface area contributed by atoms with Gasteiger partial charge in [-0.1, -0.05) is 6.08 Å². The quantitative estimate of drug-likeness (QED) is 0.682. The number of carbonyl (C=O) groups excluding carboxylic acids is 1. The molecule has 0 radical (unpaired) electrons. The van der Waals surface area contributed by atoms with Crippen molar-refractivity contribution >= 4 is 17.1 Å². The van der Waals surface area contributed by atoms with Crippen LogP contribution < -0.4 is 0 Å². The van der Waals surface area contributed by atoms with E-state index in [-0.39, 0.29) is 16.5 Å². The highest BCUT2D eigenvalue weighted by Crippen LogP contribution is 2.25. The number of thiophene rings is 1. The van der Waals surface area contributed by atoms with Crippen molar-refractivity contribution < 1.29 is 9.18 Å². The first-order valence-electron chi connectivity index (χ1n) is 4.76. The maximum Gasteiger partial charge on any atom is 0.201 e. The fraction of sp³-hybridized carbons (Fsp3) is 0.364. The van der Waals surface area contributed by atoms with Gasteiger partial charge in [0.1, 0.15) is 10.7 Å². The van der Waals surface area contributed by atoms with Gasteiger partial charge >= 0.3 is 0 Å². The minimum atomic E-state index is -0.383. The molecule has 0 aromatic carbocycles. The maximum atomic E-state index is 13.1. The first kappa shape index (κ1) is 9.59. The zero-order valence-electron chi connectivity index (χ0n) is 7.75. The topological polar surface area (TPSA) is 17.1 Å². The summed E-state index contributed by atoms with van der Waals surface area (Å²) in [4.78, 5) is 12.0. The second kappa shape index (κ2) is 4.05. The number of rotatable bonds is 2. The van der Waals surface area contributed by atoms with E-state index < -0.39 is 0 Å². The number of carbonyl (C=O) groups is 1. The lowest BCUT2D eigenvalue weighted by molar-refractivity contribution is 0.102. The molecule has 1 aromatic rings. The van der Waals surface area contributed by atoms with E-state index >= 15 is 0 Å². The van der Waals surface area contributed by atoms with Gasteiger partial charge in [-0.15, -0.1) is 11.3 Å². The summed E-state index contributed by atoms with van der Waals surface area (Å²) in [6.07, 6.45) is 5.89. The summed E-state index contributed by atoms with van der Waals surface area (Å²) in [5.41, 5.74) is 0.789. The minimum Gasteiger partial charge on any atom is -0.288 e. The SMILES string of the molecule is O=C(C1=CCCCC1)c1sccc1F. The summed E-state index contributed by atoms with van der Waals surface area (Å²) in [5, 5.41) is 1.62. The Morgan fingerprint density at radius 1 is 1.43 bits per heavy atom. The largest absolute Gasteiger partial charge is 0.288 e. The van der Waals surface area contributed by atoms with Crippen molar-refractivity contribution in [3.05, 3.63) is 33.8 Å². The van der Waals surface area contributed by atoms with Crippen LogP contribution in [0.5, 0.6) is 0 Å². The molecule has 2 rings (SSSR count).